The van der Waals surface area contributed by atoms with Gasteiger partial charge in [-0.15, -0.1) is 0 Å². The van der Waals surface area contributed by atoms with E-state index in [1.54, 1.807) is 11.5 Å². The summed E-state index contributed by atoms with van der Waals surface area (Å²) in [5, 5.41) is 5.58. The summed E-state index contributed by atoms with van der Waals surface area (Å²) in [5.41, 5.74) is 1.06. The van der Waals surface area contributed by atoms with Crippen LogP contribution in [0.1, 0.15) is 25.7 Å². The minimum atomic E-state index is 0.125. The molecule has 1 aromatic carbocycles. The SMILES string of the molecule is O=C(NC1CC1)[C@@H]1CCCN(c2snc3ccccc23)C1. The van der Waals surface area contributed by atoms with Crippen molar-refractivity contribution in [1.82, 2.24) is 9.69 Å². The van der Waals surface area contributed by atoms with E-state index in [0.29, 0.717) is 6.04 Å². The summed E-state index contributed by atoms with van der Waals surface area (Å²) in [7, 11) is 0. The zero-order chi connectivity index (χ0) is 14.2. The number of nitrogens with zero attached hydrogens (tertiary/aromatic N) is 2. The van der Waals surface area contributed by atoms with Crippen LogP contribution < -0.4 is 10.2 Å². The van der Waals surface area contributed by atoms with Crippen LogP contribution in [0.5, 0.6) is 0 Å². The third-order valence-corrected chi connectivity index (χ3v) is 5.31. The summed E-state index contributed by atoms with van der Waals surface area (Å²) >= 11 is 1.55. The molecular weight excluding hydrogens is 282 g/mol. The van der Waals surface area contributed by atoms with Crippen molar-refractivity contribution in [2.75, 3.05) is 18.0 Å². The average molecular weight is 301 g/mol. The summed E-state index contributed by atoms with van der Waals surface area (Å²) in [4.78, 5) is 14.6. The van der Waals surface area contributed by atoms with E-state index in [2.05, 4.69) is 32.8 Å². The molecule has 1 saturated carbocycles. The number of rotatable bonds is 3. The van der Waals surface area contributed by atoms with E-state index in [9.17, 15) is 4.79 Å². The molecule has 1 aliphatic carbocycles. The summed E-state index contributed by atoms with van der Waals surface area (Å²) in [6.07, 6.45) is 4.39. The Labute approximate surface area is 128 Å². The first-order valence-corrected chi connectivity index (χ1v) is 8.48. The van der Waals surface area contributed by atoms with Gasteiger partial charge in [-0.05, 0) is 49.3 Å². The average Bonchev–Trinajstić information content (AvgIpc) is 3.23. The standard InChI is InChI=1S/C16H19N3OS/c20-15(17-12-7-8-12)11-4-3-9-19(10-11)16-13-5-1-2-6-14(13)18-21-16/h1-2,5-6,11-12H,3-4,7-10H2,(H,17,20)/t11-/m1/s1. The number of piperidine rings is 1. The summed E-state index contributed by atoms with van der Waals surface area (Å²) in [6.45, 7) is 1.85. The molecular formula is C16H19N3OS. The van der Waals surface area contributed by atoms with E-state index >= 15 is 0 Å². The van der Waals surface area contributed by atoms with Gasteiger partial charge in [0.05, 0.1) is 11.4 Å². The molecule has 1 aromatic heterocycles. The molecule has 1 aliphatic heterocycles. The van der Waals surface area contributed by atoms with Gasteiger partial charge in [-0.1, -0.05) is 12.1 Å². The zero-order valence-corrected chi connectivity index (χ0v) is 12.7. The number of hydrogen-bond acceptors (Lipinski definition) is 4. The number of carbonyl (C=O) groups excluding carboxylic acids is 1. The van der Waals surface area contributed by atoms with Crippen molar-refractivity contribution < 1.29 is 4.79 Å². The van der Waals surface area contributed by atoms with Crippen molar-refractivity contribution in [3.8, 4) is 0 Å². The minimum absolute atomic E-state index is 0.125. The summed E-state index contributed by atoms with van der Waals surface area (Å²) in [5.74, 6) is 0.372. The fourth-order valence-electron chi connectivity index (χ4n) is 3.03. The molecule has 2 fully saturated rings. The Balaban J connectivity index is 1.53. The first-order chi connectivity index (χ1) is 10.3. The summed E-state index contributed by atoms with van der Waals surface area (Å²) < 4.78 is 4.52. The number of anilines is 1. The van der Waals surface area contributed by atoms with Gasteiger partial charge in [0.15, 0.2) is 0 Å². The van der Waals surface area contributed by atoms with Gasteiger partial charge < -0.3 is 10.2 Å². The van der Waals surface area contributed by atoms with Crippen LogP contribution in [0.3, 0.4) is 0 Å². The molecule has 0 radical (unpaired) electrons. The maximum Gasteiger partial charge on any atom is 0.225 e. The molecule has 0 spiro atoms. The fourth-order valence-corrected chi connectivity index (χ4v) is 3.92. The lowest BCUT2D eigenvalue weighted by Gasteiger charge is -2.32. The highest BCUT2D eigenvalue weighted by Crippen LogP contribution is 2.34. The van der Waals surface area contributed by atoms with Crippen molar-refractivity contribution in [1.29, 1.82) is 0 Å². The number of fused-ring (bicyclic) bond motifs is 1. The van der Waals surface area contributed by atoms with Crippen LogP contribution in [-0.4, -0.2) is 29.4 Å². The Morgan fingerprint density at radius 2 is 2.14 bits per heavy atom. The predicted octanol–water partition coefficient (Wildman–Crippen LogP) is 2.79. The number of carbonyl (C=O) groups is 1. The molecule has 1 atom stereocenters. The second-order valence-electron chi connectivity index (χ2n) is 6.07. The molecule has 2 heterocycles. The molecule has 110 valence electrons. The Bertz CT molecular complexity index is 664. The number of benzene rings is 1. The number of hydrogen-bond donors (Lipinski definition) is 1. The lowest BCUT2D eigenvalue weighted by Crippen LogP contribution is -2.43. The van der Waals surface area contributed by atoms with E-state index in [1.807, 2.05) is 6.07 Å². The zero-order valence-electron chi connectivity index (χ0n) is 11.9. The lowest BCUT2D eigenvalue weighted by atomic mass is 9.97. The smallest absolute Gasteiger partial charge is 0.225 e. The lowest BCUT2D eigenvalue weighted by molar-refractivity contribution is -0.125. The van der Waals surface area contributed by atoms with Crippen LogP contribution in [0.15, 0.2) is 24.3 Å². The van der Waals surface area contributed by atoms with E-state index in [4.69, 9.17) is 0 Å². The van der Waals surface area contributed by atoms with Crippen LogP contribution in [-0.2, 0) is 4.79 Å². The second-order valence-corrected chi connectivity index (χ2v) is 6.82. The fraction of sp³-hybridized carbons (Fsp3) is 0.500. The molecule has 2 aliphatic rings. The largest absolute Gasteiger partial charge is 0.361 e. The van der Waals surface area contributed by atoms with E-state index in [-0.39, 0.29) is 11.8 Å². The minimum Gasteiger partial charge on any atom is -0.361 e. The highest BCUT2D eigenvalue weighted by Gasteiger charge is 2.31. The Morgan fingerprint density at radius 1 is 1.29 bits per heavy atom. The van der Waals surface area contributed by atoms with Crippen molar-refractivity contribution in [2.45, 2.75) is 31.7 Å². The maximum absolute atomic E-state index is 12.3. The topological polar surface area (TPSA) is 45.2 Å². The van der Waals surface area contributed by atoms with Crippen LogP contribution in [0, 0.1) is 5.92 Å². The monoisotopic (exact) mass is 301 g/mol. The van der Waals surface area contributed by atoms with Gasteiger partial charge in [0.25, 0.3) is 0 Å². The van der Waals surface area contributed by atoms with Crippen LogP contribution >= 0.6 is 11.5 Å². The molecule has 21 heavy (non-hydrogen) atoms. The normalized spacial score (nSPS) is 22.5. The summed E-state index contributed by atoms with van der Waals surface area (Å²) in [6, 6.07) is 8.71. The van der Waals surface area contributed by atoms with Gasteiger partial charge in [0, 0.05) is 24.5 Å². The number of amides is 1. The first kappa shape index (κ1) is 13.1. The van der Waals surface area contributed by atoms with Gasteiger partial charge >= 0.3 is 0 Å². The van der Waals surface area contributed by atoms with E-state index in [0.717, 1.165) is 44.3 Å². The molecule has 0 bridgehead atoms. The Morgan fingerprint density at radius 3 is 3.00 bits per heavy atom. The second kappa shape index (κ2) is 5.30. The van der Waals surface area contributed by atoms with Gasteiger partial charge in [0.2, 0.25) is 5.91 Å². The van der Waals surface area contributed by atoms with Crippen molar-refractivity contribution in [2.24, 2.45) is 5.92 Å². The molecule has 5 heteroatoms. The number of aromatic nitrogens is 1. The molecule has 1 N–H and O–H groups in total. The van der Waals surface area contributed by atoms with E-state index in [1.165, 1.54) is 10.4 Å². The molecule has 0 unspecified atom stereocenters. The van der Waals surface area contributed by atoms with Gasteiger partial charge in [-0.2, -0.15) is 4.37 Å². The molecule has 2 aromatic rings. The molecule has 4 nitrogen and oxygen atoms in total. The highest BCUT2D eigenvalue weighted by molar-refractivity contribution is 7.11. The van der Waals surface area contributed by atoms with Gasteiger partial charge in [-0.3, -0.25) is 4.79 Å². The van der Waals surface area contributed by atoms with Crippen LogP contribution in [0.4, 0.5) is 5.00 Å². The molecule has 1 amide bonds. The third-order valence-electron chi connectivity index (χ3n) is 4.37. The van der Waals surface area contributed by atoms with Gasteiger partial charge in [0.1, 0.15) is 5.00 Å². The first-order valence-electron chi connectivity index (χ1n) is 7.71. The number of nitrogens with one attached hydrogen (secondary N) is 1. The Hall–Kier alpha value is -1.62. The Kier molecular flexibility index (Phi) is 3.30. The van der Waals surface area contributed by atoms with Crippen molar-refractivity contribution in [3.05, 3.63) is 24.3 Å². The molecule has 4 rings (SSSR count). The predicted molar refractivity (Wildman–Crippen MR) is 85.7 cm³/mol. The highest BCUT2D eigenvalue weighted by atomic mass is 32.1. The van der Waals surface area contributed by atoms with Crippen molar-refractivity contribution in [3.63, 3.8) is 0 Å². The third kappa shape index (κ3) is 2.62. The van der Waals surface area contributed by atoms with Crippen molar-refractivity contribution >= 4 is 33.3 Å². The van der Waals surface area contributed by atoms with E-state index < -0.39 is 0 Å². The van der Waals surface area contributed by atoms with Crippen LogP contribution in [0.25, 0.3) is 10.9 Å². The van der Waals surface area contributed by atoms with Gasteiger partial charge in [-0.25, -0.2) is 0 Å². The maximum atomic E-state index is 12.3. The quantitative estimate of drug-likeness (QED) is 0.948. The van der Waals surface area contributed by atoms with Crippen LogP contribution in [0.2, 0.25) is 0 Å². The molecule has 1 saturated heterocycles.